The van der Waals surface area contributed by atoms with E-state index in [1.54, 1.807) is 18.1 Å². The van der Waals surface area contributed by atoms with Crippen LogP contribution in [-0.2, 0) is 0 Å². The monoisotopic (exact) mass is 288 g/mol. The first kappa shape index (κ1) is 14.7. The summed E-state index contributed by atoms with van der Waals surface area (Å²) in [6.07, 6.45) is 4.73. The van der Waals surface area contributed by atoms with Crippen molar-refractivity contribution >= 4 is 29.1 Å². The van der Waals surface area contributed by atoms with Gasteiger partial charge in [0.15, 0.2) is 0 Å². The highest BCUT2D eigenvalue weighted by molar-refractivity contribution is 7.98. The number of hydrogen-bond donors (Lipinski definition) is 2. The second-order valence-electron chi connectivity index (χ2n) is 4.48. The van der Waals surface area contributed by atoms with Gasteiger partial charge < -0.3 is 10.6 Å². The maximum absolute atomic E-state index is 4.32. The minimum absolute atomic E-state index is 0.843. The van der Waals surface area contributed by atoms with E-state index in [0.29, 0.717) is 0 Å². The molecule has 0 saturated heterocycles. The lowest BCUT2D eigenvalue weighted by Gasteiger charge is -2.12. The maximum atomic E-state index is 4.32. The Bertz CT molecular complexity index is 554. The first-order chi connectivity index (χ1) is 9.74. The number of hydrogen-bond acceptors (Lipinski definition) is 5. The second kappa shape index (κ2) is 7.14. The zero-order valence-electron chi connectivity index (χ0n) is 12.1. The summed E-state index contributed by atoms with van der Waals surface area (Å²) in [6, 6.07) is 8.32. The van der Waals surface area contributed by atoms with E-state index in [0.717, 1.165) is 35.9 Å². The Morgan fingerprint density at radius 3 is 2.45 bits per heavy atom. The van der Waals surface area contributed by atoms with Crippen LogP contribution in [0.2, 0.25) is 0 Å². The molecule has 1 heterocycles. The van der Waals surface area contributed by atoms with Crippen molar-refractivity contribution in [3.63, 3.8) is 0 Å². The van der Waals surface area contributed by atoms with Crippen LogP contribution in [0.5, 0.6) is 0 Å². The van der Waals surface area contributed by atoms with Crippen LogP contribution in [0.4, 0.5) is 17.3 Å². The van der Waals surface area contributed by atoms with E-state index in [9.17, 15) is 0 Å². The van der Waals surface area contributed by atoms with E-state index in [-0.39, 0.29) is 0 Å². The third kappa shape index (κ3) is 3.63. The van der Waals surface area contributed by atoms with Crippen molar-refractivity contribution in [1.29, 1.82) is 0 Å². The van der Waals surface area contributed by atoms with Crippen LogP contribution < -0.4 is 10.6 Å². The van der Waals surface area contributed by atoms with E-state index in [2.05, 4.69) is 58.0 Å². The van der Waals surface area contributed by atoms with Gasteiger partial charge in [0.2, 0.25) is 0 Å². The van der Waals surface area contributed by atoms with Crippen LogP contribution in [0.1, 0.15) is 18.9 Å². The van der Waals surface area contributed by atoms with Gasteiger partial charge in [-0.2, -0.15) is 0 Å². The van der Waals surface area contributed by atoms with E-state index in [4.69, 9.17) is 0 Å². The van der Waals surface area contributed by atoms with E-state index >= 15 is 0 Å². The molecule has 2 N–H and O–H groups in total. The summed E-state index contributed by atoms with van der Waals surface area (Å²) < 4.78 is 0. The van der Waals surface area contributed by atoms with E-state index in [1.165, 1.54) is 4.90 Å². The number of benzene rings is 1. The molecule has 0 unspecified atom stereocenters. The van der Waals surface area contributed by atoms with Gasteiger partial charge in [-0.05, 0) is 43.9 Å². The third-order valence-corrected chi connectivity index (χ3v) is 3.72. The van der Waals surface area contributed by atoms with Gasteiger partial charge in [0.25, 0.3) is 0 Å². The van der Waals surface area contributed by atoms with Gasteiger partial charge >= 0.3 is 0 Å². The molecule has 0 aliphatic rings. The molecule has 106 valence electrons. The zero-order valence-corrected chi connectivity index (χ0v) is 12.9. The largest absolute Gasteiger partial charge is 0.370 e. The summed E-state index contributed by atoms with van der Waals surface area (Å²) in [7, 11) is 0. The lowest BCUT2D eigenvalue weighted by Crippen LogP contribution is -2.06. The Balaban J connectivity index is 2.15. The number of nitrogens with zero attached hydrogens (tertiary/aromatic N) is 2. The smallest absolute Gasteiger partial charge is 0.138 e. The molecule has 0 bridgehead atoms. The van der Waals surface area contributed by atoms with Crippen LogP contribution >= 0.6 is 11.8 Å². The van der Waals surface area contributed by atoms with Gasteiger partial charge in [-0.15, -0.1) is 11.8 Å². The fraction of sp³-hybridized carbons (Fsp3) is 0.333. The van der Waals surface area contributed by atoms with Crippen LogP contribution in [0.3, 0.4) is 0 Å². The predicted octanol–water partition coefficient (Wildman–Crippen LogP) is 4.07. The van der Waals surface area contributed by atoms with E-state index in [1.807, 2.05) is 6.92 Å². The lowest BCUT2D eigenvalue weighted by molar-refractivity contribution is 0.960. The van der Waals surface area contributed by atoms with Crippen LogP contribution in [0.25, 0.3) is 0 Å². The highest BCUT2D eigenvalue weighted by atomic mass is 32.2. The molecule has 5 heteroatoms. The maximum Gasteiger partial charge on any atom is 0.138 e. The van der Waals surface area contributed by atoms with Crippen molar-refractivity contribution in [3.8, 4) is 0 Å². The van der Waals surface area contributed by atoms with Gasteiger partial charge in [0.1, 0.15) is 18.0 Å². The quantitative estimate of drug-likeness (QED) is 0.785. The van der Waals surface area contributed by atoms with Crippen molar-refractivity contribution in [3.05, 3.63) is 36.2 Å². The molecule has 1 aromatic heterocycles. The predicted molar refractivity (Wildman–Crippen MR) is 87.1 cm³/mol. The molecule has 0 spiro atoms. The summed E-state index contributed by atoms with van der Waals surface area (Å²) in [5.41, 5.74) is 2.07. The first-order valence-corrected chi connectivity index (χ1v) is 7.93. The van der Waals surface area contributed by atoms with Crippen molar-refractivity contribution in [2.24, 2.45) is 0 Å². The van der Waals surface area contributed by atoms with E-state index < -0.39 is 0 Å². The van der Waals surface area contributed by atoms with Gasteiger partial charge in [-0.25, -0.2) is 9.97 Å². The van der Waals surface area contributed by atoms with Crippen LogP contribution in [0, 0.1) is 6.92 Å². The number of anilines is 3. The Morgan fingerprint density at radius 2 is 1.80 bits per heavy atom. The Morgan fingerprint density at radius 1 is 1.10 bits per heavy atom. The number of rotatable bonds is 6. The van der Waals surface area contributed by atoms with Crippen molar-refractivity contribution in [2.75, 3.05) is 23.4 Å². The summed E-state index contributed by atoms with van der Waals surface area (Å²) >= 11 is 1.74. The van der Waals surface area contributed by atoms with Crippen molar-refractivity contribution < 1.29 is 0 Å². The molecule has 0 radical (unpaired) electrons. The topological polar surface area (TPSA) is 49.8 Å². The molecule has 0 aliphatic carbocycles. The average molecular weight is 288 g/mol. The van der Waals surface area contributed by atoms with Crippen LogP contribution in [0.15, 0.2) is 35.5 Å². The fourth-order valence-electron chi connectivity index (χ4n) is 1.81. The molecular formula is C15H20N4S. The summed E-state index contributed by atoms with van der Waals surface area (Å²) in [4.78, 5) is 9.85. The van der Waals surface area contributed by atoms with Gasteiger partial charge in [0.05, 0.1) is 0 Å². The average Bonchev–Trinajstić information content (AvgIpc) is 2.49. The van der Waals surface area contributed by atoms with Crippen LogP contribution in [-0.4, -0.2) is 22.8 Å². The molecule has 4 nitrogen and oxygen atoms in total. The third-order valence-electron chi connectivity index (χ3n) is 2.98. The summed E-state index contributed by atoms with van der Waals surface area (Å²) in [6.45, 7) is 5.08. The molecule has 0 aliphatic heterocycles. The molecule has 0 amide bonds. The van der Waals surface area contributed by atoms with Crippen molar-refractivity contribution in [1.82, 2.24) is 9.97 Å². The van der Waals surface area contributed by atoms with Gasteiger partial charge in [0, 0.05) is 22.7 Å². The Hall–Kier alpha value is -1.75. The molecule has 0 fully saturated rings. The highest BCUT2D eigenvalue weighted by Crippen LogP contribution is 2.24. The summed E-state index contributed by atoms with van der Waals surface area (Å²) in [5, 5.41) is 6.65. The standard InChI is InChI=1S/C15H20N4S/c1-4-9-16-14-11(2)15(18-10-17-14)19-12-5-7-13(20-3)8-6-12/h5-8,10H,4,9H2,1-3H3,(H2,16,17,18,19). The highest BCUT2D eigenvalue weighted by Gasteiger charge is 2.06. The number of thioether (sulfide) groups is 1. The Labute approximate surface area is 124 Å². The molecule has 2 rings (SSSR count). The second-order valence-corrected chi connectivity index (χ2v) is 5.36. The zero-order chi connectivity index (χ0) is 14.4. The molecule has 20 heavy (non-hydrogen) atoms. The fourth-order valence-corrected chi connectivity index (χ4v) is 2.22. The van der Waals surface area contributed by atoms with Gasteiger partial charge in [-0.3, -0.25) is 0 Å². The molecule has 0 saturated carbocycles. The number of nitrogens with one attached hydrogen (secondary N) is 2. The molecule has 1 aromatic carbocycles. The summed E-state index contributed by atoms with van der Waals surface area (Å²) in [5.74, 6) is 1.74. The van der Waals surface area contributed by atoms with Crippen molar-refractivity contribution in [2.45, 2.75) is 25.2 Å². The Kier molecular flexibility index (Phi) is 5.24. The normalized spacial score (nSPS) is 10.3. The molecule has 2 aromatic rings. The number of aromatic nitrogens is 2. The molecular weight excluding hydrogens is 268 g/mol. The first-order valence-electron chi connectivity index (χ1n) is 6.71. The van der Waals surface area contributed by atoms with Gasteiger partial charge in [-0.1, -0.05) is 6.92 Å². The minimum atomic E-state index is 0.843. The lowest BCUT2D eigenvalue weighted by atomic mass is 10.2. The molecule has 0 atom stereocenters. The minimum Gasteiger partial charge on any atom is -0.370 e. The SMILES string of the molecule is CCCNc1ncnc(Nc2ccc(SC)cc2)c1C.